The zero-order valence-corrected chi connectivity index (χ0v) is 10.9. The Labute approximate surface area is 103 Å². The molecule has 16 heavy (non-hydrogen) atoms. The quantitative estimate of drug-likeness (QED) is 0.766. The van der Waals surface area contributed by atoms with E-state index in [1.54, 1.807) is 16.9 Å². The van der Waals surface area contributed by atoms with Crippen molar-refractivity contribution < 1.29 is 0 Å². The van der Waals surface area contributed by atoms with E-state index in [2.05, 4.69) is 35.1 Å². The molecule has 0 saturated heterocycles. The van der Waals surface area contributed by atoms with Crippen LogP contribution in [0.2, 0.25) is 0 Å². The van der Waals surface area contributed by atoms with E-state index >= 15 is 0 Å². The van der Waals surface area contributed by atoms with Crippen molar-refractivity contribution in [2.75, 3.05) is 6.54 Å². The summed E-state index contributed by atoms with van der Waals surface area (Å²) in [5.74, 6) is 0. The molecule has 0 amide bonds. The van der Waals surface area contributed by atoms with Crippen molar-refractivity contribution in [2.45, 2.75) is 45.1 Å². The van der Waals surface area contributed by atoms with E-state index in [4.69, 9.17) is 0 Å². The van der Waals surface area contributed by atoms with Crippen molar-refractivity contribution in [3.8, 4) is 0 Å². The minimum Gasteiger partial charge on any atom is -0.310 e. The van der Waals surface area contributed by atoms with Crippen LogP contribution in [-0.2, 0) is 6.42 Å². The van der Waals surface area contributed by atoms with Crippen LogP contribution in [0, 0.1) is 0 Å². The van der Waals surface area contributed by atoms with Crippen molar-refractivity contribution in [3.05, 3.63) is 34.0 Å². The minimum absolute atomic E-state index is 0.569. The topological polar surface area (TPSA) is 12.0 Å². The second-order valence-corrected chi connectivity index (χ2v) is 5.25. The van der Waals surface area contributed by atoms with Gasteiger partial charge in [-0.15, -0.1) is 0 Å². The summed E-state index contributed by atoms with van der Waals surface area (Å²) >= 11 is 1.80. The predicted molar refractivity (Wildman–Crippen MR) is 72.0 cm³/mol. The Balaban J connectivity index is 2.01. The van der Waals surface area contributed by atoms with Crippen molar-refractivity contribution in [2.24, 2.45) is 0 Å². The van der Waals surface area contributed by atoms with Gasteiger partial charge >= 0.3 is 0 Å². The maximum Gasteiger partial charge on any atom is 0.0320 e. The molecule has 2 rings (SSSR count). The number of likely N-dealkylation sites (N-methyl/N-ethyl adjacent to an activating group) is 1. The fourth-order valence-corrected chi connectivity index (χ4v) is 3.09. The summed E-state index contributed by atoms with van der Waals surface area (Å²) in [6, 6.07) is 2.82. The molecule has 0 fully saturated rings. The number of rotatable bonds is 5. The van der Waals surface area contributed by atoms with E-state index in [1.165, 1.54) is 31.2 Å². The van der Waals surface area contributed by atoms with E-state index < -0.39 is 0 Å². The number of nitrogens with one attached hydrogen (secondary N) is 1. The highest BCUT2D eigenvalue weighted by Gasteiger charge is 2.15. The Kier molecular flexibility index (Phi) is 4.61. The highest BCUT2D eigenvalue weighted by Crippen LogP contribution is 2.23. The van der Waals surface area contributed by atoms with Crippen LogP contribution in [0.4, 0.5) is 0 Å². The smallest absolute Gasteiger partial charge is 0.0320 e. The molecule has 1 unspecified atom stereocenters. The number of allylic oxidation sites excluding steroid dienone is 1. The normalized spacial score (nSPS) is 18.2. The SMILES string of the molecule is CCNC(Cc1ccsc1)C1=CCCCC1. The van der Waals surface area contributed by atoms with E-state index in [-0.39, 0.29) is 0 Å². The molecule has 1 atom stereocenters. The molecule has 0 bridgehead atoms. The first-order valence-corrected chi connectivity index (χ1v) is 7.28. The number of hydrogen-bond donors (Lipinski definition) is 1. The monoisotopic (exact) mass is 235 g/mol. The summed E-state index contributed by atoms with van der Waals surface area (Å²) < 4.78 is 0. The Morgan fingerprint density at radius 1 is 1.44 bits per heavy atom. The van der Waals surface area contributed by atoms with Gasteiger partial charge in [-0.2, -0.15) is 11.3 Å². The van der Waals surface area contributed by atoms with E-state index in [0.29, 0.717) is 6.04 Å². The summed E-state index contributed by atoms with van der Waals surface area (Å²) in [6.45, 7) is 3.26. The Hall–Kier alpha value is -0.600. The third kappa shape index (κ3) is 3.19. The Bertz CT molecular complexity index is 327. The number of hydrogen-bond acceptors (Lipinski definition) is 2. The average Bonchev–Trinajstić information content (AvgIpc) is 2.83. The lowest BCUT2D eigenvalue weighted by Gasteiger charge is -2.23. The zero-order chi connectivity index (χ0) is 11.2. The highest BCUT2D eigenvalue weighted by atomic mass is 32.1. The highest BCUT2D eigenvalue weighted by molar-refractivity contribution is 7.07. The first-order chi connectivity index (χ1) is 7.90. The first kappa shape index (κ1) is 11.9. The largest absolute Gasteiger partial charge is 0.310 e. The molecular weight excluding hydrogens is 214 g/mol. The van der Waals surface area contributed by atoms with Crippen LogP contribution >= 0.6 is 11.3 Å². The molecule has 1 aliphatic carbocycles. The standard InChI is InChI=1S/C14H21NS/c1-2-15-14(10-12-8-9-16-11-12)13-6-4-3-5-7-13/h6,8-9,11,14-15H,2-5,7,10H2,1H3. The van der Waals surface area contributed by atoms with E-state index in [1.807, 2.05) is 0 Å². The van der Waals surface area contributed by atoms with Gasteiger partial charge in [0.2, 0.25) is 0 Å². The van der Waals surface area contributed by atoms with Gasteiger partial charge in [-0.3, -0.25) is 0 Å². The molecule has 1 aliphatic rings. The number of thiophene rings is 1. The van der Waals surface area contributed by atoms with Crippen molar-refractivity contribution in [3.63, 3.8) is 0 Å². The summed E-state index contributed by atoms with van der Waals surface area (Å²) in [5, 5.41) is 8.07. The second-order valence-electron chi connectivity index (χ2n) is 4.47. The molecule has 1 nitrogen and oxygen atoms in total. The minimum atomic E-state index is 0.569. The van der Waals surface area contributed by atoms with Crippen LogP contribution in [0.15, 0.2) is 28.5 Å². The second kappa shape index (κ2) is 6.21. The zero-order valence-electron chi connectivity index (χ0n) is 10.0. The average molecular weight is 235 g/mol. The maximum absolute atomic E-state index is 3.63. The third-order valence-corrected chi connectivity index (χ3v) is 3.98. The van der Waals surface area contributed by atoms with Crippen LogP contribution in [0.5, 0.6) is 0 Å². The molecule has 0 saturated carbocycles. The summed E-state index contributed by atoms with van der Waals surface area (Å²) in [7, 11) is 0. The van der Waals surface area contributed by atoms with Gasteiger partial charge in [0.25, 0.3) is 0 Å². The third-order valence-electron chi connectivity index (χ3n) is 3.24. The summed E-state index contributed by atoms with van der Waals surface area (Å²) in [4.78, 5) is 0. The molecule has 1 heterocycles. The lowest BCUT2D eigenvalue weighted by Crippen LogP contribution is -2.33. The fourth-order valence-electron chi connectivity index (χ4n) is 2.40. The van der Waals surface area contributed by atoms with Crippen LogP contribution in [0.25, 0.3) is 0 Å². The van der Waals surface area contributed by atoms with Gasteiger partial charge in [-0.05, 0) is 61.0 Å². The molecule has 1 N–H and O–H groups in total. The molecule has 0 aromatic carbocycles. The van der Waals surface area contributed by atoms with Gasteiger partial charge in [0.15, 0.2) is 0 Å². The van der Waals surface area contributed by atoms with Crippen LogP contribution in [0.3, 0.4) is 0 Å². The van der Waals surface area contributed by atoms with Crippen LogP contribution in [0.1, 0.15) is 38.2 Å². The molecule has 1 aromatic rings. The molecule has 0 aliphatic heterocycles. The first-order valence-electron chi connectivity index (χ1n) is 6.33. The Morgan fingerprint density at radius 2 is 2.38 bits per heavy atom. The molecule has 1 aromatic heterocycles. The van der Waals surface area contributed by atoms with Gasteiger partial charge in [-0.25, -0.2) is 0 Å². The molecule has 88 valence electrons. The van der Waals surface area contributed by atoms with Crippen molar-refractivity contribution in [1.82, 2.24) is 5.32 Å². The molecule has 0 spiro atoms. The molecule has 0 radical (unpaired) electrons. The fraction of sp³-hybridized carbons (Fsp3) is 0.571. The lowest BCUT2D eigenvalue weighted by molar-refractivity contribution is 0.542. The van der Waals surface area contributed by atoms with Crippen molar-refractivity contribution in [1.29, 1.82) is 0 Å². The maximum atomic E-state index is 3.63. The molecule has 2 heteroatoms. The van der Waals surface area contributed by atoms with E-state index in [9.17, 15) is 0 Å². The summed E-state index contributed by atoms with van der Waals surface area (Å²) in [6.07, 6.45) is 8.94. The van der Waals surface area contributed by atoms with E-state index in [0.717, 1.165) is 13.0 Å². The van der Waals surface area contributed by atoms with Crippen LogP contribution < -0.4 is 5.32 Å². The van der Waals surface area contributed by atoms with Gasteiger partial charge in [0, 0.05) is 6.04 Å². The van der Waals surface area contributed by atoms with Crippen molar-refractivity contribution >= 4 is 11.3 Å². The van der Waals surface area contributed by atoms with Gasteiger partial charge in [0.05, 0.1) is 0 Å². The van der Waals surface area contributed by atoms with Gasteiger partial charge < -0.3 is 5.32 Å². The van der Waals surface area contributed by atoms with Gasteiger partial charge in [-0.1, -0.05) is 18.6 Å². The predicted octanol–water partition coefficient (Wildman–Crippen LogP) is 3.77. The van der Waals surface area contributed by atoms with Crippen LogP contribution in [-0.4, -0.2) is 12.6 Å². The molecular formula is C14H21NS. The van der Waals surface area contributed by atoms with Gasteiger partial charge in [0.1, 0.15) is 0 Å². The lowest BCUT2D eigenvalue weighted by atomic mass is 9.91. The summed E-state index contributed by atoms with van der Waals surface area (Å²) in [5.41, 5.74) is 3.11. The Morgan fingerprint density at radius 3 is 3.00 bits per heavy atom.